The maximum atomic E-state index is 12.6. The van der Waals surface area contributed by atoms with Crippen LogP contribution in [0.2, 0.25) is 0 Å². The van der Waals surface area contributed by atoms with Crippen LogP contribution in [-0.2, 0) is 16.0 Å². The van der Waals surface area contributed by atoms with E-state index in [1.165, 1.54) is 11.3 Å². The lowest BCUT2D eigenvalue weighted by Gasteiger charge is -2.34. The summed E-state index contributed by atoms with van der Waals surface area (Å²) in [5.74, 6) is 0.216. The molecule has 0 atom stereocenters. The largest absolute Gasteiger partial charge is 0.462 e. The molecule has 0 saturated carbocycles. The van der Waals surface area contributed by atoms with Crippen LogP contribution in [0.5, 0.6) is 0 Å². The van der Waals surface area contributed by atoms with E-state index in [-0.39, 0.29) is 18.4 Å². The number of piperazine rings is 1. The van der Waals surface area contributed by atoms with Crippen LogP contribution in [0.25, 0.3) is 0 Å². The molecular weight excluding hydrogens is 390 g/mol. The minimum atomic E-state index is -0.382. The van der Waals surface area contributed by atoms with Crippen molar-refractivity contribution in [2.24, 2.45) is 0 Å². The van der Waals surface area contributed by atoms with Gasteiger partial charge >= 0.3 is 5.97 Å². The quantitative estimate of drug-likeness (QED) is 0.692. The van der Waals surface area contributed by atoms with Gasteiger partial charge in [0.05, 0.1) is 18.7 Å². The molecule has 0 aliphatic carbocycles. The van der Waals surface area contributed by atoms with E-state index in [0.717, 1.165) is 49.0 Å². The Hall–Kier alpha value is -2.52. The number of anilines is 2. The molecule has 9 heteroatoms. The van der Waals surface area contributed by atoms with Crippen molar-refractivity contribution in [3.05, 3.63) is 34.5 Å². The van der Waals surface area contributed by atoms with Crippen LogP contribution in [-0.4, -0.2) is 66.1 Å². The van der Waals surface area contributed by atoms with Crippen molar-refractivity contribution in [2.45, 2.75) is 27.2 Å². The Morgan fingerprint density at radius 1 is 1.17 bits per heavy atom. The number of carbonyl (C=O) groups excluding carboxylic acids is 2. The van der Waals surface area contributed by atoms with Crippen LogP contribution in [0.15, 0.2) is 18.5 Å². The highest BCUT2D eigenvalue weighted by Crippen LogP contribution is 2.34. The minimum Gasteiger partial charge on any atom is -0.462 e. The van der Waals surface area contributed by atoms with E-state index in [2.05, 4.69) is 25.1 Å². The number of thiophene rings is 1. The van der Waals surface area contributed by atoms with Crippen LogP contribution in [0, 0.1) is 6.92 Å². The molecule has 3 rings (SSSR count). The zero-order valence-electron chi connectivity index (χ0n) is 17.1. The summed E-state index contributed by atoms with van der Waals surface area (Å²) in [4.78, 5) is 38.9. The van der Waals surface area contributed by atoms with Gasteiger partial charge in [0, 0.05) is 43.4 Å². The van der Waals surface area contributed by atoms with Gasteiger partial charge in [0.1, 0.15) is 5.00 Å². The molecule has 1 saturated heterocycles. The molecule has 0 unspecified atom stereocenters. The molecule has 0 radical (unpaired) electrons. The van der Waals surface area contributed by atoms with Gasteiger partial charge in [0.15, 0.2) is 0 Å². The number of aromatic nitrogens is 2. The van der Waals surface area contributed by atoms with E-state index in [9.17, 15) is 9.59 Å². The molecule has 1 N–H and O–H groups in total. The van der Waals surface area contributed by atoms with Crippen LogP contribution in [0.1, 0.15) is 34.6 Å². The summed E-state index contributed by atoms with van der Waals surface area (Å²) in [6.07, 6.45) is 4.27. The third-order valence-electron chi connectivity index (χ3n) is 4.87. The highest BCUT2D eigenvalue weighted by molar-refractivity contribution is 7.17. The summed E-state index contributed by atoms with van der Waals surface area (Å²) in [5, 5.41) is 3.52. The Kier molecular flexibility index (Phi) is 7.16. The summed E-state index contributed by atoms with van der Waals surface area (Å²) >= 11 is 1.45. The number of rotatable bonds is 7. The molecule has 156 valence electrons. The number of hydrogen-bond acceptors (Lipinski definition) is 8. The van der Waals surface area contributed by atoms with Crippen LogP contribution in [0.4, 0.5) is 10.9 Å². The molecular formula is C20H27N5O3S. The second kappa shape index (κ2) is 9.80. The van der Waals surface area contributed by atoms with Gasteiger partial charge in [-0.2, -0.15) is 0 Å². The van der Waals surface area contributed by atoms with Crippen molar-refractivity contribution in [3.63, 3.8) is 0 Å². The monoisotopic (exact) mass is 417 g/mol. The number of aryl methyl sites for hydroxylation is 1. The first kappa shape index (κ1) is 21.2. The fourth-order valence-corrected chi connectivity index (χ4v) is 4.51. The van der Waals surface area contributed by atoms with E-state index >= 15 is 0 Å². The first-order valence-corrected chi connectivity index (χ1v) is 10.7. The molecule has 2 aromatic heterocycles. The average Bonchev–Trinajstić information content (AvgIpc) is 3.04. The summed E-state index contributed by atoms with van der Waals surface area (Å²) in [5.41, 5.74) is 1.37. The maximum Gasteiger partial charge on any atom is 0.341 e. The van der Waals surface area contributed by atoms with Crippen molar-refractivity contribution in [1.29, 1.82) is 0 Å². The lowest BCUT2D eigenvalue weighted by atomic mass is 10.1. The van der Waals surface area contributed by atoms with Crippen molar-refractivity contribution < 1.29 is 14.3 Å². The second-order valence-electron chi connectivity index (χ2n) is 6.79. The zero-order chi connectivity index (χ0) is 20.8. The Bertz CT molecular complexity index is 847. The second-order valence-corrected chi connectivity index (χ2v) is 7.89. The molecule has 8 nitrogen and oxygen atoms in total. The molecule has 29 heavy (non-hydrogen) atoms. The normalized spacial score (nSPS) is 14.7. The van der Waals surface area contributed by atoms with Crippen LogP contribution in [0.3, 0.4) is 0 Å². The molecule has 3 heterocycles. The number of nitrogens with one attached hydrogen (secondary N) is 1. The first-order chi connectivity index (χ1) is 14.0. The zero-order valence-corrected chi connectivity index (χ0v) is 17.9. The Balaban J connectivity index is 1.59. The van der Waals surface area contributed by atoms with Crippen molar-refractivity contribution in [3.8, 4) is 0 Å². The molecule has 0 bridgehead atoms. The number of esters is 1. The maximum absolute atomic E-state index is 12.6. The number of hydrogen-bond donors (Lipinski definition) is 1. The van der Waals surface area contributed by atoms with Crippen molar-refractivity contribution in [2.75, 3.05) is 49.5 Å². The van der Waals surface area contributed by atoms with Gasteiger partial charge in [-0.1, -0.05) is 6.92 Å². The lowest BCUT2D eigenvalue weighted by Crippen LogP contribution is -2.49. The third-order valence-corrected chi connectivity index (χ3v) is 6.23. The fraction of sp³-hybridized carbons (Fsp3) is 0.500. The minimum absolute atomic E-state index is 0.121. The van der Waals surface area contributed by atoms with E-state index in [1.807, 2.05) is 13.8 Å². The third kappa shape index (κ3) is 5.10. The number of ether oxygens (including phenoxy) is 1. The number of amides is 1. The Labute approximate surface area is 174 Å². The van der Waals surface area contributed by atoms with E-state index in [0.29, 0.717) is 17.2 Å². The smallest absolute Gasteiger partial charge is 0.341 e. The van der Waals surface area contributed by atoms with Gasteiger partial charge in [-0.15, -0.1) is 11.3 Å². The van der Waals surface area contributed by atoms with E-state index in [1.54, 1.807) is 25.4 Å². The van der Waals surface area contributed by atoms with Crippen molar-refractivity contribution in [1.82, 2.24) is 14.9 Å². The molecule has 0 spiro atoms. The molecule has 2 aromatic rings. The van der Waals surface area contributed by atoms with Gasteiger partial charge in [0.25, 0.3) is 0 Å². The van der Waals surface area contributed by atoms with Crippen LogP contribution >= 0.6 is 11.3 Å². The SMILES string of the molecule is CCOC(=O)c1c(NC(=O)CN2CCN(c3ncccn3)CC2)sc(CC)c1C. The van der Waals surface area contributed by atoms with Gasteiger partial charge in [0.2, 0.25) is 11.9 Å². The Morgan fingerprint density at radius 3 is 2.48 bits per heavy atom. The standard InChI is InChI=1S/C20H27N5O3S/c1-4-15-14(3)17(19(27)28-5-2)18(29-15)23-16(26)13-24-9-11-25(12-10-24)20-21-7-6-8-22-20/h6-8H,4-5,9-13H2,1-3H3,(H,23,26). The molecule has 1 amide bonds. The van der Waals surface area contributed by atoms with Crippen LogP contribution < -0.4 is 10.2 Å². The number of carbonyl (C=O) groups is 2. The molecule has 0 aromatic carbocycles. The summed E-state index contributed by atoms with van der Waals surface area (Å²) < 4.78 is 5.18. The van der Waals surface area contributed by atoms with Crippen molar-refractivity contribution >= 4 is 34.2 Å². The Morgan fingerprint density at radius 2 is 1.86 bits per heavy atom. The first-order valence-electron chi connectivity index (χ1n) is 9.87. The highest BCUT2D eigenvalue weighted by Gasteiger charge is 2.25. The van der Waals surface area contributed by atoms with E-state index < -0.39 is 0 Å². The average molecular weight is 418 g/mol. The topological polar surface area (TPSA) is 87.7 Å². The van der Waals surface area contributed by atoms with Gasteiger partial charge in [-0.25, -0.2) is 14.8 Å². The highest BCUT2D eigenvalue weighted by atomic mass is 32.1. The lowest BCUT2D eigenvalue weighted by molar-refractivity contribution is -0.117. The predicted octanol–water partition coefficient (Wildman–Crippen LogP) is 2.35. The van der Waals surface area contributed by atoms with Gasteiger partial charge in [-0.3, -0.25) is 9.69 Å². The molecule has 1 fully saturated rings. The number of nitrogens with zero attached hydrogens (tertiary/aromatic N) is 4. The van der Waals surface area contributed by atoms with Gasteiger partial charge in [-0.05, 0) is 31.9 Å². The summed E-state index contributed by atoms with van der Waals surface area (Å²) in [6, 6.07) is 1.80. The fourth-order valence-electron chi connectivity index (χ4n) is 3.36. The summed E-state index contributed by atoms with van der Waals surface area (Å²) in [6.45, 7) is 9.34. The predicted molar refractivity (Wildman–Crippen MR) is 114 cm³/mol. The molecule has 1 aliphatic rings. The summed E-state index contributed by atoms with van der Waals surface area (Å²) in [7, 11) is 0. The van der Waals surface area contributed by atoms with Gasteiger partial charge < -0.3 is 15.0 Å². The van der Waals surface area contributed by atoms with E-state index in [4.69, 9.17) is 4.74 Å². The molecule has 1 aliphatic heterocycles.